The summed E-state index contributed by atoms with van der Waals surface area (Å²) in [7, 11) is 0. The molecule has 0 radical (unpaired) electrons. The van der Waals surface area contributed by atoms with Crippen molar-refractivity contribution in [3.8, 4) is 0 Å². The van der Waals surface area contributed by atoms with Gasteiger partial charge in [-0.2, -0.15) is 0 Å². The average Bonchev–Trinajstić information content (AvgIpc) is 2.79. The van der Waals surface area contributed by atoms with Gasteiger partial charge in [-0.05, 0) is 96.7 Å². The molecule has 1 unspecified atom stereocenters. The summed E-state index contributed by atoms with van der Waals surface area (Å²) in [5.41, 5.74) is -0.580. The molecule has 39 heavy (non-hydrogen) atoms. The van der Waals surface area contributed by atoms with Crippen molar-refractivity contribution in [2.24, 2.45) is 62.1 Å². The minimum atomic E-state index is -1.16. The molecule has 5 heteroatoms. The Morgan fingerprint density at radius 3 is 1.92 bits per heavy atom. The summed E-state index contributed by atoms with van der Waals surface area (Å²) in [6.07, 6.45) is 7.95. The molecule has 11 atom stereocenters. The molecule has 5 aliphatic rings. The minimum Gasteiger partial charge on any atom is -0.462 e. The first kappa shape index (κ1) is 29.0. The monoisotopic (exact) mass is 540 g/mol. The van der Waals surface area contributed by atoms with Crippen LogP contribution in [0.4, 0.5) is 0 Å². The van der Waals surface area contributed by atoms with Crippen LogP contribution in [0.1, 0.15) is 121 Å². The fourth-order valence-electron chi connectivity index (χ4n) is 11.9. The van der Waals surface area contributed by atoms with Gasteiger partial charge in [-0.25, -0.2) is 0 Å². The van der Waals surface area contributed by atoms with Crippen LogP contribution in [0, 0.1) is 62.1 Å². The fraction of sp³-hybridized carbons (Fsp3) is 0.882. The molecule has 5 fully saturated rings. The SMILES string of the molecule is CC(=O)O[C@@H]1C[C@@]2(C)[C@@H](C(=O)C(C(C)=O)C(=O)[C@@H]2C)[C@]2(C)CC[C@@]3(C)[C@@H]4CC(C)(C)CC[C@]4(C)CC[C@]3(C)[C@@H]12. The molecule has 0 aromatic rings. The van der Waals surface area contributed by atoms with Crippen molar-refractivity contribution < 1.29 is 23.9 Å². The molecular weight excluding hydrogens is 488 g/mol. The van der Waals surface area contributed by atoms with Crippen molar-refractivity contribution in [1.29, 1.82) is 0 Å². The van der Waals surface area contributed by atoms with E-state index in [2.05, 4.69) is 48.5 Å². The number of ketones is 3. The van der Waals surface area contributed by atoms with E-state index in [0.29, 0.717) is 23.2 Å². The molecule has 0 N–H and O–H groups in total. The van der Waals surface area contributed by atoms with E-state index in [0.717, 1.165) is 25.7 Å². The zero-order valence-corrected chi connectivity index (χ0v) is 26.2. The summed E-state index contributed by atoms with van der Waals surface area (Å²) in [6, 6.07) is 0. The molecule has 218 valence electrons. The molecule has 0 saturated heterocycles. The highest BCUT2D eigenvalue weighted by Crippen LogP contribution is 2.78. The number of rotatable bonds is 2. The first-order valence-corrected chi connectivity index (χ1v) is 15.5. The quantitative estimate of drug-likeness (QED) is 0.279. The van der Waals surface area contributed by atoms with Gasteiger partial charge in [0.05, 0.1) is 0 Å². The van der Waals surface area contributed by atoms with Crippen LogP contribution in [0.15, 0.2) is 0 Å². The molecule has 0 spiro atoms. The molecule has 5 saturated carbocycles. The predicted octanol–water partition coefficient (Wildman–Crippen LogP) is 6.99. The molecule has 5 rings (SSSR count). The summed E-state index contributed by atoms with van der Waals surface area (Å²) in [4.78, 5) is 53.1. The maximum Gasteiger partial charge on any atom is 0.302 e. The lowest BCUT2D eigenvalue weighted by Crippen LogP contribution is -2.73. The largest absolute Gasteiger partial charge is 0.462 e. The Kier molecular flexibility index (Phi) is 6.32. The highest BCUT2D eigenvalue weighted by Gasteiger charge is 2.75. The van der Waals surface area contributed by atoms with Crippen LogP contribution in [0.25, 0.3) is 0 Å². The highest BCUT2D eigenvalue weighted by molar-refractivity contribution is 6.21. The Balaban J connectivity index is 1.68. The van der Waals surface area contributed by atoms with Crippen molar-refractivity contribution in [3.05, 3.63) is 0 Å². The molecule has 0 aromatic heterocycles. The molecule has 5 nitrogen and oxygen atoms in total. The Morgan fingerprint density at radius 1 is 0.744 bits per heavy atom. The maximum absolute atomic E-state index is 14.3. The normalized spacial score (nSPS) is 52.6. The second-order valence-electron chi connectivity index (χ2n) is 16.8. The molecule has 0 amide bonds. The van der Waals surface area contributed by atoms with Crippen LogP contribution in [0.2, 0.25) is 0 Å². The number of hydrogen-bond donors (Lipinski definition) is 0. The van der Waals surface area contributed by atoms with Crippen LogP contribution in [0.3, 0.4) is 0 Å². The lowest BCUT2D eigenvalue weighted by molar-refractivity contribution is -0.279. The second-order valence-corrected chi connectivity index (χ2v) is 16.8. The summed E-state index contributed by atoms with van der Waals surface area (Å²) in [5, 5.41) is 0. The van der Waals surface area contributed by atoms with Gasteiger partial charge in [-0.15, -0.1) is 0 Å². The summed E-state index contributed by atoms with van der Waals surface area (Å²) in [5.74, 6) is -2.48. The first-order chi connectivity index (χ1) is 17.8. The van der Waals surface area contributed by atoms with Crippen molar-refractivity contribution in [2.75, 3.05) is 0 Å². The van der Waals surface area contributed by atoms with Gasteiger partial charge in [0, 0.05) is 24.7 Å². The van der Waals surface area contributed by atoms with E-state index >= 15 is 0 Å². The molecule has 0 bridgehead atoms. The Labute approximate surface area is 236 Å². The number of hydrogen-bond acceptors (Lipinski definition) is 5. The Bertz CT molecular complexity index is 1120. The van der Waals surface area contributed by atoms with Crippen molar-refractivity contribution >= 4 is 23.3 Å². The van der Waals surface area contributed by atoms with E-state index in [-0.39, 0.29) is 46.2 Å². The van der Waals surface area contributed by atoms with Gasteiger partial charge in [0.25, 0.3) is 0 Å². The van der Waals surface area contributed by atoms with Gasteiger partial charge in [-0.3, -0.25) is 19.2 Å². The standard InChI is InChI=1S/C34H52O5/c1-19-25(37)24(20(2)35)26(38)28-31(7)14-16-33(9)23-18-29(4,5)11-12-30(23,6)13-15-34(33,10)27(31)22(39-21(3)36)17-32(19,28)8/h19,22-24,27-28H,11-18H2,1-10H3/t19-,22+,23+,24?,27-,28-,30+,31+,32+,33-,34+/m0/s1. The Hall–Kier alpha value is -1.52. The number of Topliss-reactive ketones (excluding diaryl/α,β-unsaturated/α-hetero) is 3. The van der Waals surface area contributed by atoms with E-state index in [4.69, 9.17) is 4.74 Å². The molecule has 5 aliphatic carbocycles. The molecule has 0 aromatic carbocycles. The van der Waals surface area contributed by atoms with E-state index in [1.165, 1.54) is 33.1 Å². The van der Waals surface area contributed by atoms with Gasteiger partial charge in [0.15, 0.2) is 11.6 Å². The number of fused-ring (bicyclic) bond motifs is 7. The molecule has 0 aliphatic heterocycles. The van der Waals surface area contributed by atoms with Crippen molar-refractivity contribution in [3.63, 3.8) is 0 Å². The topological polar surface area (TPSA) is 77.5 Å². The third-order valence-corrected chi connectivity index (χ3v) is 14.2. The van der Waals surface area contributed by atoms with E-state index in [9.17, 15) is 19.2 Å². The van der Waals surface area contributed by atoms with E-state index in [1.807, 2.05) is 6.92 Å². The van der Waals surface area contributed by atoms with Crippen molar-refractivity contribution in [1.82, 2.24) is 0 Å². The number of ether oxygens (including phenoxy) is 1. The summed E-state index contributed by atoms with van der Waals surface area (Å²) in [6.45, 7) is 21.4. The van der Waals surface area contributed by atoms with Gasteiger partial charge < -0.3 is 4.74 Å². The van der Waals surface area contributed by atoms with Gasteiger partial charge in [0.1, 0.15) is 17.8 Å². The maximum atomic E-state index is 14.3. The Morgan fingerprint density at radius 2 is 1.33 bits per heavy atom. The minimum absolute atomic E-state index is 0.00252. The van der Waals surface area contributed by atoms with Crippen LogP contribution in [-0.4, -0.2) is 29.4 Å². The fourth-order valence-corrected chi connectivity index (χ4v) is 11.9. The predicted molar refractivity (Wildman–Crippen MR) is 151 cm³/mol. The van der Waals surface area contributed by atoms with Crippen LogP contribution in [-0.2, 0) is 23.9 Å². The zero-order chi connectivity index (χ0) is 29.1. The summed E-state index contributed by atoms with van der Waals surface area (Å²) < 4.78 is 6.27. The summed E-state index contributed by atoms with van der Waals surface area (Å²) >= 11 is 0. The van der Waals surface area contributed by atoms with Gasteiger partial charge >= 0.3 is 5.97 Å². The zero-order valence-electron chi connectivity index (χ0n) is 26.2. The lowest BCUT2D eigenvalue weighted by Gasteiger charge is -2.75. The number of esters is 1. The highest BCUT2D eigenvalue weighted by atomic mass is 16.5. The van der Waals surface area contributed by atoms with Gasteiger partial charge in [0.2, 0.25) is 0 Å². The van der Waals surface area contributed by atoms with Crippen LogP contribution >= 0.6 is 0 Å². The van der Waals surface area contributed by atoms with Crippen LogP contribution < -0.4 is 0 Å². The van der Waals surface area contributed by atoms with Crippen molar-refractivity contribution in [2.45, 2.75) is 127 Å². The van der Waals surface area contributed by atoms with E-state index < -0.39 is 28.6 Å². The van der Waals surface area contributed by atoms with Crippen LogP contribution in [0.5, 0.6) is 0 Å². The first-order valence-electron chi connectivity index (χ1n) is 15.5. The lowest BCUT2D eigenvalue weighted by atomic mass is 9.29. The molecular formula is C34H52O5. The van der Waals surface area contributed by atoms with Gasteiger partial charge in [-0.1, -0.05) is 55.4 Å². The average molecular weight is 541 g/mol. The molecule has 0 heterocycles. The number of carbonyl (C=O) groups is 4. The van der Waals surface area contributed by atoms with E-state index in [1.54, 1.807) is 0 Å². The second kappa shape index (κ2) is 8.51. The smallest absolute Gasteiger partial charge is 0.302 e. The third-order valence-electron chi connectivity index (χ3n) is 14.2. The third kappa shape index (κ3) is 3.69. The number of carbonyl (C=O) groups excluding carboxylic acids is 4.